The third-order valence-electron chi connectivity index (χ3n) is 9.57. The molecule has 4 aromatic rings. The molecule has 4 aromatic carbocycles. The molecule has 8 nitrogen and oxygen atoms in total. The van der Waals surface area contributed by atoms with Gasteiger partial charge in [0.2, 0.25) is 0 Å². The van der Waals surface area contributed by atoms with E-state index in [1.54, 1.807) is 28.4 Å². The first-order valence-corrected chi connectivity index (χ1v) is 15.8. The van der Waals surface area contributed by atoms with Crippen LogP contribution in [0.25, 0.3) is 0 Å². The van der Waals surface area contributed by atoms with E-state index >= 15 is 0 Å². The van der Waals surface area contributed by atoms with Crippen molar-refractivity contribution in [3.63, 3.8) is 0 Å². The summed E-state index contributed by atoms with van der Waals surface area (Å²) in [6.45, 7) is 1.90. The summed E-state index contributed by atoms with van der Waals surface area (Å²) in [6.07, 6.45) is 3.53. The number of phenols is 1. The van der Waals surface area contributed by atoms with Crippen molar-refractivity contribution in [3.8, 4) is 40.2 Å². The Kier molecular flexibility index (Phi) is 9.29. The van der Waals surface area contributed by atoms with Crippen LogP contribution in [0.1, 0.15) is 45.5 Å². The number of benzene rings is 4. The summed E-state index contributed by atoms with van der Waals surface area (Å²) in [6, 6.07) is 22.9. The molecule has 0 aromatic heterocycles. The van der Waals surface area contributed by atoms with E-state index in [1.807, 2.05) is 30.3 Å². The maximum Gasteiger partial charge on any atom is 0.169 e. The van der Waals surface area contributed by atoms with Gasteiger partial charge in [-0.1, -0.05) is 18.2 Å². The molecular weight excluding hydrogens is 580 g/mol. The van der Waals surface area contributed by atoms with E-state index in [0.29, 0.717) is 17.2 Å². The summed E-state index contributed by atoms with van der Waals surface area (Å²) in [5, 5.41) is 10.3. The summed E-state index contributed by atoms with van der Waals surface area (Å²) >= 11 is 0. The van der Waals surface area contributed by atoms with E-state index in [1.165, 1.54) is 27.8 Å². The highest BCUT2D eigenvalue weighted by molar-refractivity contribution is 5.52. The number of likely N-dealkylation sites (N-methyl/N-ethyl adjacent to an activating group) is 2. The number of ether oxygens (including phenoxy) is 5. The zero-order chi connectivity index (χ0) is 32.4. The third-order valence-corrected chi connectivity index (χ3v) is 9.57. The lowest BCUT2D eigenvalue weighted by Crippen LogP contribution is -2.33. The molecule has 0 unspecified atom stereocenters. The Morgan fingerprint density at radius 2 is 1.11 bits per heavy atom. The van der Waals surface area contributed by atoms with Crippen molar-refractivity contribution in [2.75, 3.05) is 55.6 Å². The van der Waals surface area contributed by atoms with E-state index < -0.39 is 0 Å². The van der Waals surface area contributed by atoms with Gasteiger partial charge in [-0.05, 0) is 122 Å². The van der Waals surface area contributed by atoms with Crippen LogP contribution >= 0.6 is 0 Å². The van der Waals surface area contributed by atoms with Crippen molar-refractivity contribution in [3.05, 3.63) is 100 Å². The molecule has 2 atom stereocenters. The summed E-state index contributed by atoms with van der Waals surface area (Å²) in [5.74, 6) is 4.36. The number of nitrogens with zero attached hydrogens (tertiary/aromatic N) is 2. The maximum absolute atomic E-state index is 10.3. The number of aromatic hydroxyl groups is 1. The summed E-state index contributed by atoms with van der Waals surface area (Å²) in [7, 11) is 11.0. The van der Waals surface area contributed by atoms with E-state index in [4.69, 9.17) is 23.7 Å². The van der Waals surface area contributed by atoms with Crippen molar-refractivity contribution in [2.45, 2.75) is 37.8 Å². The van der Waals surface area contributed by atoms with Crippen LogP contribution in [0.4, 0.5) is 0 Å². The number of fused-ring (bicyclic) bond motifs is 2. The van der Waals surface area contributed by atoms with Crippen LogP contribution in [0.3, 0.4) is 0 Å². The summed E-state index contributed by atoms with van der Waals surface area (Å²) < 4.78 is 28.8. The van der Waals surface area contributed by atoms with Gasteiger partial charge in [-0.2, -0.15) is 0 Å². The lowest BCUT2D eigenvalue weighted by atomic mass is 9.88. The molecule has 0 saturated carbocycles. The van der Waals surface area contributed by atoms with E-state index in [-0.39, 0.29) is 17.8 Å². The highest BCUT2D eigenvalue weighted by Crippen LogP contribution is 2.41. The standard InChI is InChI=1S/C38H44N2O6/c1-39-15-13-26-20-33(41)35(43-4)22-29(26)31(39)17-24-7-10-28(11-8-24)46-38-19-25(9-12-34(38)42-3)18-32-30-23-37(45-6)36(44-5)21-27(30)14-16-40(32)2/h7-12,19-23,31-32,41H,13-18H2,1-6H3/t31-,32-/m1/s1. The minimum absolute atomic E-state index is 0.186. The largest absolute Gasteiger partial charge is 0.504 e. The lowest BCUT2D eigenvalue weighted by molar-refractivity contribution is 0.227. The summed E-state index contributed by atoms with van der Waals surface area (Å²) in [5.41, 5.74) is 7.31. The Hall–Kier alpha value is -4.40. The van der Waals surface area contributed by atoms with Gasteiger partial charge < -0.3 is 28.8 Å². The molecule has 0 bridgehead atoms. The maximum atomic E-state index is 10.3. The van der Waals surface area contributed by atoms with Crippen molar-refractivity contribution in [2.24, 2.45) is 0 Å². The van der Waals surface area contributed by atoms with Crippen molar-refractivity contribution in [1.82, 2.24) is 9.80 Å². The van der Waals surface area contributed by atoms with Crippen LogP contribution in [-0.4, -0.2) is 70.5 Å². The van der Waals surface area contributed by atoms with Gasteiger partial charge in [0.05, 0.1) is 28.4 Å². The number of hydrogen-bond donors (Lipinski definition) is 1. The van der Waals surface area contributed by atoms with Gasteiger partial charge in [0.25, 0.3) is 0 Å². The Balaban J connectivity index is 1.20. The normalized spacial score (nSPS) is 18.0. The fourth-order valence-electron chi connectivity index (χ4n) is 6.89. The topological polar surface area (TPSA) is 72.9 Å². The molecule has 6 rings (SSSR count). The van der Waals surface area contributed by atoms with Crippen LogP contribution in [-0.2, 0) is 25.7 Å². The second-order valence-electron chi connectivity index (χ2n) is 12.3. The second-order valence-corrected chi connectivity index (χ2v) is 12.3. The second kappa shape index (κ2) is 13.5. The smallest absolute Gasteiger partial charge is 0.169 e. The van der Waals surface area contributed by atoms with Gasteiger partial charge in [-0.25, -0.2) is 0 Å². The van der Waals surface area contributed by atoms with Crippen LogP contribution in [0.5, 0.6) is 40.2 Å². The van der Waals surface area contributed by atoms with Crippen molar-refractivity contribution >= 4 is 0 Å². The zero-order valence-electron chi connectivity index (χ0n) is 27.6. The molecule has 0 amide bonds. The fourth-order valence-corrected chi connectivity index (χ4v) is 6.89. The Morgan fingerprint density at radius 3 is 1.72 bits per heavy atom. The number of phenolic OH excluding ortho intramolecular Hbond substituents is 1. The average Bonchev–Trinajstić information content (AvgIpc) is 3.07. The average molecular weight is 625 g/mol. The Bertz CT molecular complexity index is 1690. The van der Waals surface area contributed by atoms with E-state index in [2.05, 4.69) is 60.3 Å². The monoisotopic (exact) mass is 624 g/mol. The van der Waals surface area contributed by atoms with Gasteiger partial charge >= 0.3 is 0 Å². The molecule has 2 heterocycles. The highest BCUT2D eigenvalue weighted by atomic mass is 16.5. The number of methoxy groups -OCH3 is 4. The Morgan fingerprint density at radius 1 is 0.587 bits per heavy atom. The minimum Gasteiger partial charge on any atom is -0.504 e. The van der Waals surface area contributed by atoms with Gasteiger partial charge in [-0.15, -0.1) is 0 Å². The first-order chi connectivity index (χ1) is 22.3. The predicted octanol–water partition coefficient (Wildman–Crippen LogP) is 6.76. The minimum atomic E-state index is 0.186. The van der Waals surface area contributed by atoms with Crippen molar-refractivity contribution in [1.29, 1.82) is 0 Å². The quantitative estimate of drug-likeness (QED) is 0.208. The number of hydrogen-bond acceptors (Lipinski definition) is 8. The summed E-state index contributed by atoms with van der Waals surface area (Å²) in [4.78, 5) is 4.77. The molecule has 8 heteroatoms. The molecule has 2 aliphatic rings. The Labute approximate surface area is 272 Å². The molecule has 0 fully saturated rings. The van der Waals surface area contributed by atoms with Crippen LogP contribution < -0.4 is 23.7 Å². The molecule has 46 heavy (non-hydrogen) atoms. The van der Waals surface area contributed by atoms with Crippen LogP contribution in [0.15, 0.2) is 66.7 Å². The van der Waals surface area contributed by atoms with E-state index in [9.17, 15) is 5.11 Å². The molecule has 1 N–H and O–H groups in total. The highest BCUT2D eigenvalue weighted by Gasteiger charge is 2.28. The van der Waals surface area contributed by atoms with Gasteiger partial charge in [0.15, 0.2) is 34.5 Å². The molecule has 0 aliphatic carbocycles. The van der Waals surface area contributed by atoms with Crippen LogP contribution in [0.2, 0.25) is 0 Å². The van der Waals surface area contributed by atoms with Crippen molar-refractivity contribution < 1.29 is 28.8 Å². The lowest BCUT2D eigenvalue weighted by Gasteiger charge is -2.35. The third kappa shape index (κ3) is 6.32. The molecule has 2 aliphatic heterocycles. The molecular formula is C38H44N2O6. The van der Waals surface area contributed by atoms with Gasteiger partial charge in [0.1, 0.15) is 5.75 Å². The molecule has 0 radical (unpaired) electrons. The first-order valence-electron chi connectivity index (χ1n) is 15.8. The fraction of sp³-hybridized carbons (Fsp3) is 0.368. The molecule has 0 saturated heterocycles. The number of rotatable bonds is 10. The molecule has 0 spiro atoms. The van der Waals surface area contributed by atoms with Crippen LogP contribution in [0, 0.1) is 0 Å². The molecule has 242 valence electrons. The zero-order valence-corrected chi connectivity index (χ0v) is 27.6. The van der Waals surface area contributed by atoms with Gasteiger partial charge in [-0.3, -0.25) is 9.80 Å². The predicted molar refractivity (Wildman–Crippen MR) is 179 cm³/mol. The SMILES string of the molecule is COc1cc2c(cc1O)CCN(C)[C@@H]2Cc1ccc(Oc2cc(C[C@@H]3c4cc(OC)c(OC)cc4CCN3C)ccc2OC)cc1. The van der Waals surface area contributed by atoms with Gasteiger partial charge in [0, 0.05) is 25.2 Å². The first kappa shape index (κ1) is 31.6. The van der Waals surface area contributed by atoms with E-state index in [0.717, 1.165) is 61.6 Å².